The number of para-hydroxylation sites is 1. The predicted molar refractivity (Wildman–Crippen MR) is 122 cm³/mol. The number of halogens is 1. The van der Waals surface area contributed by atoms with Gasteiger partial charge in [0, 0.05) is 20.3 Å². The minimum absolute atomic E-state index is 0.154. The Morgan fingerprint density at radius 3 is 2.38 bits per heavy atom. The van der Waals surface area contributed by atoms with Gasteiger partial charge in [-0.15, -0.1) is 0 Å². The zero-order valence-corrected chi connectivity index (χ0v) is 19.1. The van der Waals surface area contributed by atoms with Crippen LogP contribution in [0.2, 0.25) is 0 Å². The number of carbonyl (C=O) groups is 2. The van der Waals surface area contributed by atoms with Crippen LogP contribution in [0.15, 0.2) is 48.5 Å². The fourth-order valence-corrected chi connectivity index (χ4v) is 4.38. The standard InChI is InChI=1S/C22H28FN3O5S/c1-4-20(26(32(3,29)30)17-12-10-16(23)11-13-17)22(28)25-19-9-6-5-8-18(19)21(27)24-14-7-15-31-2/h5-6,8-13,20H,4,7,14-15H2,1-3H3,(H,24,27)(H,25,28). The summed E-state index contributed by atoms with van der Waals surface area (Å²) in [5.41, 5.74) is 0.675. The van der Waals surface area contributed by atoms with Crippen LogP contribution >= 0.6 is 0 Å². The molecule has 10 heteroatoms. The lowest BCUT2D eigenvalue weighted by Crippen LogP contribution is -2.47. The number of sulfonamides is 1. The number of nitrogens with zero attached hydrogens (tertiary/aromatic N) is 1. The number of methoxy groups -OCH3 is 1. The van der Waals surface area contributed by atoms with E-state index in [0.29, 0.717) is 19.6 Å². The Morgan fingerprint density at radius 1 is 1.12 bits per heavy atom. The largest absolute Gasteiger partial charge is 0.385 e. The molecule has 0 bridgehead atoms. The maximum atomic E-state index is 13.3. The van der Waals surface area contributed by atoms with Gasteiger partial charge in [0.15, 0.2) is 0 Å². The second-order valence-electron chi connectivity index (χ2n) is 7.10. The molecule has 0 saturated heterocycles. The lowest BCUT2D eigenvalue weighted by atomic mass is 10.1. The highest BCUT2D eigenvalue weighted by Crippen LogP contribution is 2.24. The summed E-state index contributed by atoms with van der Waals surface area (Å²) in [4.78, 5) is 25.7. The Kier molecular flexibility index (Phi) is 9.15. The van der Waals surface area contributed by atoms with Gasteiger partial charge in [-0.1, -0.05) is 19.1 Å². The van der Waals surface area contributed by atoms with E-state index in [2.05, 4.69) is 10.6 Å². The van der Waals surface area contributed by atoms with E-state index in [4.69, 9.17) is 4.74 Å². The lowest BCUT2D eigenvalue weighted by molar-refractivity contribution is -0.117. The van der Waals surface area contributed by atoms with Crippen molar-refractivity contribution in [1.29, 1.82) is 0 Å². The third-order valence-corrected chi connectivity index (χ3v) is 5.83. The number of benzene rings is 2. The molecule has 174 valence electrons. The molecule has 0 aliphatic rings. The molecule has 0 heterocycles. The van der Waals surface area contributed by atoms with Crippen LogP contribution in [-0.2, 0) is 19.6 Å². The van der Waals surface area contributed by atoms with Gasteiger partial charge in [-0.05, 0) is 49.2 Å². The van der Waals surface area contributed by atoms with Gasteiger partial charge < -0.3 is 15.4 Å². The Morgan fingerprint density at radius 2 is 1.78 bits per heavy atom. The first-order valence-electron chi connectivity index (χ1n) is 10.1. The predicted octanol–water partition coefficient (Wildman–Crippen LogP) is 2.78. The molecule has 0 aliphatic heterocycles. The van der Waals surface area contributed by atoms with Crippen LogP contribution in [0.25, 0.3) is 0 Å². The highest BCUT2D eigenvalue weighted by molar-refractivity contribution is 7.92. The smallest absolute Gasteiger partial charge is 0.253 e. The molecular formula is C22H28FN3O5S. The number of ether oxygens (including phenoxy) is 1. The highest BCUT2D eigenvalue weighted by Gasteiger charge is 2.32. The Bertz CT molecular complexity index is 1030. The van der Waals surface area contributed by atoms with E-state index >= 15 is 0 Å². The Balaban J connectivity index is 2.27. The van der Waals surface area contributed by atoms with Gasteiger partial charge in [0.05, 0.1) is 23.2 Å². The van der Waals surface area contributed by atoms with E-state index in [-0.39, 0.29) is 29.3 Å². The molecule has 0 radical (unpaired) electrons. The lowest BCUT2D eigenvalue weighted by Gasteiger charge is -2.30. The number of carbonyl (C=O) groups excluding carboxylic acids is 2. The van der Waals surface area contributed by atoms with E-state index in [0.717, 1.165) is 22.7 Å². The maximum Gasteiger partial charge on any atom is 0.253 e. The SMILES string of the molecule is CCC(C(=O)Nc1ccccc1C(=O)NCCCOC)N(c1ccc(F)cc1)S(C)(=O)=O. The molecule has 2 N–H and O–H groups in total. The van der Waals surface area contributed by atoms with Gasteiger partial charge in [-0.2, -0.15) is 0 Å². The van der Waals surface area contributed by atoms with Crippen LogP contribution in [0.1, 0.15) is 30.1 Å². The van der Waals surface area contributed by atoms with Gasteiger partial charge in [0.25, 0.3) is 5.91 Å². The third-order valence-electron chi connectivity index (χ3n) is 4.65. The molecular weight excluding hydrogens is 437 g/mol. The molecule has 32 heavy (non-hydrogen) atoms. The van der Waals surface area contributed by atoms with Crippen LogP contribution in [-0.4, -0.2) is 52.8 Å². The van der Waals surface area contributed by atoms with Crippen molar-refractivity contribution in [3.05, 3.63) is 59.9 Å². The summed E-state index contributed by atoms with van der Waals surface area (Å²) in [6.07, 6.45) is 1.77. The number of hydrogen-bond donors (Lipinski definition) is 2. The molecule has 0 aromatic heterocycles. The first-order valence-corrected chi connectivity index (χ1v) is 12.0. The van der Waals surface area contributed by atoms with Crippen molar-refractivity contribution in [1.82, 2.24) is 5.32 Å². The Hall–Kier alpha value is -2.98. The quantitative estimate of drug-likeness (QED) is 0.497. The summed E-state index contributed by atoms with van der Waals surface area (Å²) >= 11 is 0. The first-order chi connectivity index (χ1) is 15.2. The van der Waals surface area contributed by atoms with Crippen molar-refractivity contribution >= 4 is 33.2 Å². The van der Waals surface area contributed by atoms with E-state index < -0.39 is 27.8 Å². The number of nitrogens with one attached hydrogen (secondary N) is 2. The molecule has 0 aliphatic carbocycles. The molecule has 2 aromatic carbocycles. The summed E-state index contributed by atoms with van der Waals surface area (Å²) < 4.78 is 44.2. The number of hydrogen-bond acceptors (Lipinski definition) is 5. The molecule has 2 rings (SSSR count). The van der Waals surface area contributed by atoms with Crippen LogP contribution in [0.5, 0.6) is 0 Å². The van der Waals surface area contributed by atoms with Gasteiger partial charge >= 0.3 is 0 Å². The van der Waals surface area contributed by atoms with Crippen molar-refractivity contribution in [2.45, 2.75) is 25.8 Å². The summed E-state index contributed by atoms with van der Waals surface area (Å²) in [6.45, 7) is 2.57. The van der Waals surface area contributed by atoms with Crippen LogP contribution in [0.3, 0.4) is 0 Å². The van der Waals surface area contributed by atoms with Crippen molar-refractivity contribution in [2.75, 3.05) is 36.1 Å². The Labute approximate surface area is 187 Å². The second-order valence-corrected chi connectivity index (χ2v) is 8.96. The van der Waals surface area contributed by atoms with E-state index in [1.54, 1.807) is 38.3 Å². The van der Waals surface area contributed by atoms with Gasteiger partial charge in [-0.3, -0.25) is 13.9 Å². The summed E-state index contributed by atoms with van der Waals surface area (Å²) in [5, 5.41) is 5.43. The topological polar surface area (TPSA) is 105 Å². The first kappa shape index (κ1) is 25.3. The summed E-state index contributed by atoms with van der Waals surface area (Å²) in [5.74, 6) is -1.50. The monoisotopic (exact) mass is 465 g/mol. The van der Waals surface area contributed by atoms with Crippen molar-refractivity contribution in [3.63, 3.8) is 0 Å². The molecule has 2 amide bonds. The third kappa shape index (κ3) is 6.76. The molecule has 0 saturated carbocycles. The van der Waals surface area contributed by atoms with E-state index in [1.807, 2.05) is 0 Å². The van der Waals surface area contributed by atoms with Gasteiger partial charge in [0.1, 0.15) is 11.9 Å². The minimum atomic E-state index is -3.86. The summed E-state index contributed by atoms with van der Waals surface area (Å²) in [6, 6.07) is 10.2. The minimum Gasteiger partial charge on any atom is -0.385 e. The average molecular weight is 466 g/mol. The van der Waals surface area contributed by atoms with Crippen LogP contribution in [0, 0.1) is 5.82 Å². The molecule has 0 spiro atoms. The van der Waals surface area contributed by atoms with E-state index in [9.17, 15) is 22.4 Å². The van der Waals surface area contributed by atoms with Crippen molar-refractivity contribution < 1.29 is 27.1 Å². The fraction of sp³-hybridized carbons (Fsp3) is 0.364. The second kappa shape index (κ2) is 11.6. The zero-order valence-electron chi connectivity index (χ0n) is 18.3. The van der Waals surface area contributed by atoms with Gasteiger partial charge in [-0.25, -0.2) is 12.8 Å². The molecule has 8 nitrogen and oxygen atoms in total. The average Bonchev–Trinajstić information content (AvgIpc) is 2.75. The maximum absolute atomic E-state index is 13.3. The van der Waals surface area contributed by atoms with Crippen molar-refractivity contribution in [3.8, 4) is 0 Å². The number of anilines is 2. The van der Waals surface area contributed by atoms with Gasteiger partial charge in [0.2, 0.25) is 15.9 Å². The molecule has 0 fully saturated rings. The van der Waals surface area contributed by atoms with Crippen LogP contribution in [0.4, 0.5) is 15.8 Å². The molecule has 2 aromatic rings. The summed E-state index contributed by atoms with van der Waals surface area (Å²) in [7, 11) is -2.29. The van der Waals surface area contributed by atoms with Crippen LogP contribution < -0.4 is 14.9 Å². The normalized spacial score (nSPS) is 12.1. The fourth-order valence-electron chi connectivity index (χ4n) is 3.17. The number of amides is 2. The van der Waals surface area contributed by atoms with E-state index in [1.165, 1.54) is 12.1 Å². The van der Waals surface area contributed by atoms with Crippen molar-refractivity contribution in [2.24, 2.45) is 0 Å². The molecule has 1 atom stereocenters. The highest BCUT2D eigenvalue weighted by atomic mass is 32.2. The number of rotatable bonds is 11. The molecule has 1 unspecified atom stereocenters. The zero-order chi connectivity index (χ0) is 23.7.